The van der Waals surface area contributed by atoms with Crippen molar-refractivity contribution in [3.63, 3.8) is 0 Å². The maximum atomic E-state index is 8.87. The molecule has 0 aliphatic heterocycles. The highest BCUT2D eigenvalue weighted by atomic mass is 16.3. The van der Waals surface area contributed by atoms with E-state index in [1.165, 1.54) is 0 Å². The van der Waals surface area contributed by atoms with E-state index in [0.717, 1.165) is 0 Å². The van der Waals surface area contributed by atoms with Gasteiger partial charge in [0.15, 0.2) is 0 Å². The quantitative estimate of drug-likeness (QED) is 0.242. The Morgan fingerprint density at radius 3 is 2.27 bits per heavy atom. The lowest BCUT2D eigenvalue weighted by molar-refractivity contribution is 0.208. The van der Waals surface area contributed by atoms with Crippen molar-refractivity contribution in [2.24, 2.45) is 22.9 Å². The highest BCUT2D eigenvalue weighted by Gasteiger charge is 2.06. The molecule has 0 rings (SSSR count). The third-order valence-corrected chi connectivity index (χ3v) is 1.07. The second-order valence-electron chi connectivity index (χ2n) is 2.03. The van der Waals surface area contributed by atoms with Crippen molar-refractivity contribution < 1.29 is 5.11 Å². The minimum absolute atomic E-state index is 0.0200. The SMILES string of the molecule is NCCNC(=C(N)N)C(N)O. The summed E-state index contributed by atoms with van der Waals surface area (Å²) in [6.07, 6.45) is -1.17. The fraction of sp³-hybridized carbons (Fsp3) is 0.600. The van der Waals surface area contributed by atoms with Crippen LogP contribution < -0.4 is 28.3 Å². The number of nitrogens with two attached hydrogens (primary N) is 4. The molecule has 11 heavy (non-hydrogen) atoms. The maximum absolute atomic E-state index is 8.87. The van der Waals surface area contributed by atoms with E-state index in [2.05, 4.69) is 5.32 Å². The van der Waals surface area contributed by atoms with E-state index < -0.39 is 6.23 Å². The van der Waals surface area contributed by atoms with Crippen molar-refractivity contribution >= 4 is 0 Å². The number of hydrogen-bond donors (Lipinski definition) is 6. The van der Waals surface area contributed by atoms with Gasteiger partial charge in [0.2, 0.25) is 0 Å². The lowest BCUT2D eigenvalue weighted by Gasteiger charge is -2.13. The molecule has 0 aromatic heterocycles. The Morgan fingerprint density at radius 2 is 2.00 bits per heavy atom. The Balaban J connectivity index is 4.03. The van der Waals surface area contributed by atoms with Crippen LogP contribution in [0, 0.1) is 0 Å². The molecule has 0 fully saturated rings. The van der Waals surface area contributed by atoms with Crippen LogP contribution >= 0.6 is 0 Å². The first kappa shape index (κ1) is 10.0. The Kier molecular flexibility index (Phi) is 4.35. The predicted octanol–water partition coefficient (Wildman–Crippen LogP) is -3.10. The molecule has 0 bridgehead atoms. The molecule has 1 unspecified atom stereocenters. The van der Waals surface area contributed by atoms with Crippen molar-refractivity contribution in [2.45, 2.75) is 6.23 Å². The van der Waals surface area contributed by atoms with Crippen LogP contribution in [0.25, 0.3) is 0 Å². The minimum Gasteiger partial charge on any atom is -0.384 e. The molecule has 0 radical (unpaired) electrons. The highest BCUT2D eigenvalue weighted by molar-refractivity contribution is 5.09. The Bertz CT molecular complexity index is 140. The van der Waals surface area contributed by atoms with Crippen LogP contribution in [0.5, 0.6) is 0 Å². The van der Waals surface area contributed by atoms with Crippen LogP contribution in [0.3, 0.4) is 0 Å². The molecule has 0 spiro atoms. The maximum Gasteiger partial charge on any atom is 0.146 e. The predicted molar refractivity (Wildman–Crippen MR) is 42.7 cm³/mol. The van der Waals surface area contributed by atoms with Gasteiger partial charge in [-0.15, -0.1) is 0 Å². The summed E-state index contributed by atoms with van der Waals surface area (Å²) >= 11 is 0. The van der Waals surface area contributed by atoms with E-state index in [4.69, 9.17) is 28.0 Å². The number of rotatable bonds is 4. The summed E-state index contributed by atoms with van der Waals surface area (Å²) in [6, 6.07) is 0. The van der Waals surface area contributed by atoms with E-state index in [0.29, 0.717) is 13.1 Å². The molecule has 0 aliphatic rings. The van der Waals surface area contributed by atoms with E-state index >= 15 is 0 Å². The minimum atomic E-state index is -1.17. The van der Waals surface area contributed by atoms with Gasteiger partial charge in [-0.25, -0.2) is 0 Å². The fourth-order valence-corrected chi connectivity index (χ4v) is 0.584. The third kappa shape index (κ3) is 3.66. The van der Waals surface area contributed by atoms with Crippen LogP contribution in [-0.4, -0.2) is 24.4 Å². The smallest absolute Gasteiger partial charge is 0.146 e. The van der Waals surface area contributed by atoms with Gasteiger partial charge in [-0.2, -0.15) is 0 Å². The largest absolute Gasteiger partial charge is 0.384 e. The zero-order valence-corrected chi connectivity index (χ0v) is 6.25. The standard InChI is InChI=1S/C5H15N5O/c6-1-2-10-3(4(7)8)5(9)11/h5,10-11H,1-2,6-9H2. The second kappa shape index (κ2) is 4.78. The summed E-state index contributed by atoms with van der Waals surface area (Å²) in [5.41, 5.74) is 20.9. The van der Waals surface area contributed by atoms with Crippen LogP contribution in [0.15, 0.2) is 11.5 Å². The number of aliphatic hydroxyl groups is 1. The third-order valence-electron chi connectivity index (χ3n) is 1.07. The van der Waals surface area contributed by atoms with Crippen molar-refractivity contribution in [2.75, 3.05) is 13.1 Å². The van der Waals surface area contributed by atoms with Crippen LogP contribution in [-0.2, 0) is 0 Å². The molecule has 66 valence electrons. The molecule has 1 atom stereocenters. The van der Waals surface area contributed by atoms with Gasteiger partial charge >= 0.3 is 0 Å². The zero-order valence-electron chi connectivity index (χ0n) is 6.25. The van der Waals surface area contributed by atoms with Crippen molar-refractivity contribution in [1.29, 1.82) is 0 Å². The Morgan fingerprint density at radius 1 is 1.45 bits per heavy atom. The fourth-order valence-electron chi connectivity index (χ4n) is 0.584. The van der Waals surface area contributed by atoms with E-state index in [1.807, 2.05) is 0 Å². The highest BCUT2D eigenvalue weighted by Crippen LogP contribution is 1.91. The van der Waals surface area contributed by atoms with Gasteiger partial charge < -0.3 is 33.4 Å². The summed E-state index contributed by atoms with van der Waals surface area (Å²) in [5, 5.41) is 11.6. The van der Waals surface area contributed by atoms with E-state index in [1.54, 1.807) is 0 Å². The van der Waals surface area contributed by atoms with Crippen molar-refractivity contribution in [3.05, 3.63) is 11.5 Å². The average Bonchev–Trinajstić information content (AvgIpc) is 1.87. The number of hydrogen-bond acceptors (Lipinski definition) is 6. The molecular weight excluding hydrogens is 146 g/mol. The summed E-state index contributed by atoms with van der Waals surface area (Å²) in [7, 11) is 0. The van der Waals surface area contributed by atoms with E-state index in [-0.39, 0.29) is 11.5 Å². The average molecular weight is 161 g/mol. The van der Waals surface area contributed by atoms with Gasteiger partial charge in [-0.3, -0.25) is 0 Å². The first-order chi connectivity index (χ1) is 5.09. The molecule has 0 aromatic carbocycles. The molecule has 0 amide bonds. The topological polar surface area (TPSA) is 136 Å². The molecule has 0 saturated heterocycles. The zero-order chi connectivity index (χ0) is 8.85. The summed E-state index contributed by atoms with van der Waals surface area (Å²) < 4.78 is 0. The van der Waals surface area contributed by atoms with Crippen LogP contribution in [0.4, 0.5) is 0 Å². The number of aliphatic hydroxyl groups excluding tert-OH is 1. The first-order valence-electron chi connectivity index (χ1n) is 3.22. The van der Waals surface area contributed by atoms with Crippen molar-refractivity contribution in [3.8, 4) is 0 Å². The normalized spacial score (nSPS) is 12.3. The Hall–Kier alpha value is -0.980. The lowest BCUT2D eigenvalue weighted by atomic mass is 10.4. The first-order valence-corrected chi connectivity index (χ1v) is 3.22. The number of nitrogens with one attached hydrogen (secondary N) is 1. The molecule has 0 heterocycles. The van der Waals surface area contributed by atoms with Crippen molar-refractivity contribution in [1.82, 2.24) is 5.32 Å². The van der Waals surface area contributed by atoms with E-state index in [9.17, 15) is 0 Å². The molecule has 6 heteroatoms. The molecule has 0 aromatic rings. The van der Waals surface area contributed by atoms with Crippen LogP contribution in [0.2, 0.25) is 0 Å². The summed E-state index contributed by atoms with van der Waals surface area (Å²) in [5.74, 6) is -0.0200. The monoisotopic (exact) mass is 161 g/mol. The summed E-state index contributed by atoms with van der Waals surface area (Å²) in [4.78, 5) is 0. The van der Waals surface area contributed by atoms with Gasteiger partial charge in [-0.1, -0.05) is 0 Å². The Labute approximate surface area is 65.2 Å². The summed E-state index contributed by atoms with van der Waals surface area (Å²) in [6.45, 7) is 0.894. The molecule has 0 saturated carbocycles. The molecule has 6 nitrogen and oxygen atoms in total. The molecular formula is C5H15N5O. The van der Waals surface area contributed by atoms with Gasteiger partial charge in [0.1, 0.15) is 12.0 Å². The molecule has 0 aliphatic carbocycles. The van der Waals surface area contributed by atoms with Gasteiger partial charge in [-0.05, 0) is 0 Å². The molecule has 10 N–H and O–H groups in total. The second-order valence-corrected chi connectivity index (χ2v) is 2.03. The van der Waals surface area contributed by atoms with Crippen LogP contribution in [0.1, 0.15) is 0 Å². The van der Waals surface area contributed by atoms with Gasteiger partial charge in [0.05, 0.1) is 5.70 Å². The van der Waals surface area contributed by atoms with Gasteiger partial charge in [0, 0.05) is 13.1 Å². The van der Waals surface area contributed by atoms with Gasteiger partial charge in [0.25, 0.3) is 0 Å². The lowest BCUT2D eigenvalue weighted by Crippen LogP contribution is -2.37.